The largest absolute Gasteiger partial charge is 0.491 e. The minimum atomic E-state index is -0.0614. The summed E-state index contributed by atoms with van der Waals surface area (Å²) >= 11 is 0. The van der Waals surface area contributed by atoms with Gasteiger partial charge in [0.2, 0.25) is 0 Å². The van der Waals surface area contributed by atoms with Crippen LogP contribution in [0.5, 0.6) is 5.75 Å². The van der Waals surface area contributed by atoms with E-state index in [9.17, 15) is 0 Å². The number of nitrogens with two attached hydrogens (primary N) is 1. The molecule has 0 saturated heterocycles. The third-order valence-electron chi connectivity index (χ3n) is 3.37. The molecule has 0 aliphatic carbocycles. The van der Waals surface area contributed by atoms with E-state index >= 15 is 0 Å². The van der Waals surface area contributed by atoms with E-state index in [1.807, 2.05) is 38.1 Å². The zero-order chi connectivity index (χ0) is 15.5. The molecule has 3 heteroatoms. The van der Waals surface area contributed by atoms with Crippen molar-refractivity contribution in [3.8, 4) is 5.75 Å². The Morgan fingerprint density at radius 2 is 1.67 bits per heavy atom. The standard InChI is InChI=1S/C18H31NO2/c1-4-5-6-7-8-13-20-14-18(19)16-9-11-17(12-10-16)21-15(2)3/h9-12,15,18H,4-8,13-14,19H2,1-3H3. The molecular weight excluding hydrogens is 262 g/mol. The molecule has 1 aromatic rings. The maximum atomic E-state index is 6.14. The van der Waals surface area contributed by atoms with E-state index in [1.54, 1.807) is 0 Å². The van der Waals surface area contributed by atoms with E-state index in [1.165, 1.54) is 25.7 Å². The highest BCUT2D eigenvalue weighted by Gasteiger charge is 2.06. The van der Waals surface area contributed by atoms with Gasteiger partial charge < -0.3 is 15.2 Å². The average Bonchev–Trinajstić information content (AvgIpc) is 2.46. The Labute approximate surface area is 129 Å². The van der Waals surface area contributed by atoms with Crippen LogP contribution in [0.15, 0.2) is 24.3 Å². The van der Waals surface area contributed by atoms with E-state index in [0.29, 0.717) is 6.61 Å². The summed E-state index contributed by atoms with van der Waals surface area (Å²) in [7, 11) is 0. The van der Waals surface area contributed by atoms with Crippen LogP contribution in [0.25, 0.3) is 0 Å². The lowest BCUT2D eigenvalue weighted by Crippen LogP contribution is -2.17. The van der Waals surface area contributed by atoms with Gasteiger partial charge in [-0.2, -0.15) is 0 Å². The summed E-state index contributed by atoms with van der Waals surface area (Å²) in [6, 6.07) is 7.92. The molecule has 21 heavy (non-hydrogen) atoms. The maximum absolute atomic E-state index is 6.14. The molecule has 1 unspecified atom stereocenters. The summed E-state index contributed by atoms with van der Waals surface area (Å²) in [5, 5.41) is 0. The van der Waals surface area contributed by atoms with Gasteiger partial charge in [0, 0.05) is 6.61 Å². The molecule has 0 spiro atoms. The van der Waals surface area contributed by atoms with Gasteiger partial charge in [-0.25, -0.2) is 0 Å². The van der Waals surface area contributed by atoms with Crippen LogP contribution in [0.1, 0.15) is 64.5 Å². The minimum Gasteiger partial charge on any atom is -0.491 e. The molecule has 0 aliphatic heterocycles. The van der Waals surface area contributed by atoms with Gasteiger partial charge in [-0.15, -0.1) is 0 Å². The summed E-state index contributed by atoms with van der Waals surface area (Å²) in [6.45, 7) is 7.67. The van der Waals surface area contributed by atoms with Crippen LogP contribution in [0.3, 0.4) is 0 Å². The normalized spacial score (nSPS) is 12.6. The lowest BCUT2D eigenvalue weighted by atomic mass is 10.1. The number of hydrogen-bond donors (Lipinski definition) is 1. The molecule has 1 aromatic carbocycles. The quantitative estimate of drug-likeness (QED) is 0.613. The number of ether oxygens (including phenoxy) is 2. The lowest BCUT2D eigenvalue weighted by Gasteiger charge is -2.14. The van der Waals surface area contributed by atoms with E-state index in [-0.39, 0.29) is 12.1 Å². The monoisotopic (exact) mass is 293 g/mol. The molecule has 120 valence electrons. The van der Waals surface area contributed by atoms with Crippen LogP contribution >= 0.6 is 0 Å². The fraction of sp³-hybridized carbons (Fsp3) is 0.667. The third kappa shape index (κ3) is 8.08. The molecule has 0 aromatic heterocycles. The Morgan fingerprint density at radius 3 is 2.29 bits per heavy atom. The third-order valence-corrected chi connectivity index (χ3v) is 3.37. The molecule has 0 aliphatic rings. The van der Waals surface area contributed by atoms with Crippen LogP contribution in [-0.2, 0) is 4.74 Å². The Bertz CT molecular complexity index is 362. The predicted molar refractivity (Wildman–Crippen MR) is 88.7 cm³/mol. The van der Waals surface area contributed by atoms with Gasteiger partial charge in [0.1, 0.15) is 5.75 Å². The van der Waals surface area contributed by atoms with Crippen LogP contribution in [0, 0.1) is 0 Å². The molecule has 0 fully saturated rings. The van der Waals surface area contributed by atoms with Crippen molar-refractivity contribution in [2.75, 3.05) is 13.2 Å². The summed E-state index contributed by atoms with van der Waals surface area (Å²) in [5.41, 5.74) is 7.24. The second kappa shape index (κ2) is 10.6. The lowest BCUT2D eigenvalue weighted by molar-refractivity contribution is 0.117. The van der Waals surface area contributed by atoms with E-state index in [0.717, 1.165) is 24.3 Å². The van der Waals surface area contributed by atoms with Crippen molar-refractivity contribution >= 4 is 0 Å². The molecule has 2 N–H and O–H groups in total. The number of unbranched alkanes of at least 4 members (excludes halogenated alkanes) is 4. The molecule has 0 heterocycles. The SMILES string of the molecule is CCCCCCCOCC(N)c1ccc(OC(C)C)cc1. The summed E-state index contributed by atoms with van der Waals surface area (Å²) in [5.74, 6) is 0.887. The van der Waals surface area contributed by atoms with Crippen molar-refractivity contribution in [2.24, 2.45) is 5.73 Å². The number of rotatable bonds is 11. The van der Waals surface area contributed by atoms with Gasteiger partial charge in [-0.05, 0) is 38.0 Å². The highest BCUT2D eigenvalue weighted by Crippen LogP contribution is 2.18. The van der Waals surface area contributed by atoms with Gasteiger partial charge in [-0.1, -0.05) is 44.7 Å². The summed E-state index contributed by atoms with van der Waals surface area (Å²) in [6.07, 6.45) is 6.49. The Balaban J connectivity index is 2.21. The van der Waals surface area contributed by atoms with E-state index < -0.39 is 0 Å². The zero-order valence-electron chi connectivity index (χ0n) is 13.8. The fourth-order valence-electron chi connectivity index (χ4n) is 2.18. The first-order valence-corrected chi connectivity index (χ1v) is 8.23. The average molecular weight is 293 g/mol. The molecule has 1 atom stereocenters. The van der Waals surface area contributed by atoms with Gasteiger partial charge >= 0.3 is 0 Å². The number of benzene rings is 1. The van der Waals surface area contributed by atoms with Crippen molar-refractivity contribution in [1.82, 2.24) is 0 Å². The van der Waals surface area contributed by atoms with Gasteiger partial charge in [0.25, 0.3) is 0 Å². The Morgan fingerprint density at radius 1 is 1.00 bits per heavy atom. The number of hydrogen-bond acceptors (Lipinski definition) is 3. The predicted octanol–water partition coefficient (Wildman–Crippen LogP) is 4.46. The molecule has 3 nitrogen and oxygen atoms in total. The van der Waals surface area contributed by atoms with Crippen LogP contribution < -0.4 is 10.5 Å². The Kier molecular flexibility index (Phi) is 9.11. The minimum absolute atomic E-state index is 0.0614. The maximum Gasteiger partial charge on any atom is 0.119 e. The van der Waals surface area contributed by atoms with Crippen molar-refractivity contribution in [1.29, 1.82) is 0 Å². The van der Waals surface area contributed by atoms with Crippen molar-refractivity contribution in [2.45, 2.75) is 65.0 Å². The summed E-state index contributed by atoms with van der Waals surface area (Å²) in [4.78, 5) is 0. The molecule has 0 saturated carbocycles. The second-order valence-corrected chi connectivity index (χ2v) is 5.83. The zero-order valence-corrected chi connectivity index (χ0v) is 13.8. The van der Waals surface area contributed by atoms with Crippen molar-refractivity contribution in [3.05, 3.63) is 29.8 Å². The highest BCUT2D eigenvalue weighted by atomic mass is 16.5. The first-order chi connectivity index (χ1) is 10.1. The second-order valence-electron chi connectivity index (χ2n) is 5.83. The topological polar surface area (TPSA) is 44.5 Å². The molecular formula is C18H31NO2. The van der Waals surface area contributed by atoms with Crippen molar-refractivity contribution in [3.63, 3.8) is 0 Å². The first kappa shape index (κ1) is 18.0. The summed E-state index contributed by atoms with van der Waals surface area (Å²) < 4.78 is 11.3. The van der Waals surface area contributed by atoms with Crippen LogP contribution in [-0.4, -0.2) is 19.3 Å². The molecule has 1 rings (SSSR count). The Hall–Kier alpha value is -1.06. The molecule has 0 bridgehead atoms. The smallest absolute Gasteiger partial charge is 0.119 e. The van der Waals surface area contributed by atoms with Crippen molar-refractivity contribution < 1.29 is 9.47 Å². The fourth-order valence-corrected chi connectivity index (χ4v) is 2.18. The van der Waals surface area contributed by atoms with Gasteiger partial charge in [0.05, 0.1) is 18.8 Å². The van der Waals surface area contributed by atoms with Crippen LogP contribution in [0.4, 0.5) is 0 Å². The van der Waals surface area contributed by atoms with Crippen LogP contribution in [0.2, 0.25) is 0 Å². The van der Waals surface area contributed by atoms with Gasteiger partial charge in [0.15, 0.2) is 0 Å². The molecule has 0 amide bonds. The van der Waals surface area contributed by atoms with E-state index in [4.69, 9.17) is 15.2 Å². The first-order valence-electron chi connectivity index (χ1n) is 8.23. The highest BCUT2D eigenvalue weighted by molar-refractivity contribution is 5.29. The van der Waals surface area contributed by atoms with Gasteiger partial charge in [-0.3, -0.25) is 0 Å². The van der Waals surface area contributed by atoms with E-state index in [2.05, 4.69) is 6.92 Å². The molecule has 0 radical (unpaired) electrons.